The van der Waals surface area contributed by atoms with E-state index >= 15 is 0 Å². The average molecular weight is 318 g/mol. The third-order valence-corrected chi connectivity index (χ3v) is 3.84. The van der Waals surface area contributed by atoms with Gasteiger partial charge in [-0.2, -0.15) is 0 Å². The fraction of sp³-hybridized carbons (Fsp3) is 0.444. The van der Waals surface area contributed by atoms with Gasteiger partial charge in [0.05, 0.1) is 5.60 Å². The van der Waals surface area contributed by atoms with Gasteiger partial charge >= 0.3 is 0 Å². The highest BCUT2D eigenvalue weighted by Crippen LogP contribution is 2.14. The summed E-state index contributed by atoms with van der Waals surface area (Å²) < 4.78 is 0. The Morgan fingerprint density at radius 1 is 1.22 bits per heavy atom. The van der Waals surface area contributed by atoms with Gasteiger partial charge in [0, 0.05) is 12.6 Å². The number of rotatable bonds is 7. The molecule has 0 aromatic heterocycles. The molecule has 0 radical (unpaired) electrons. The van der Waals surface area contributed by atoms with Crippen LogP contribution in [0.15, 0.2) is 36.4 Å². The molecule has 1 rings (SSSR count). The topological polar surface area (TPSA) is 78.4 Å². The van der Waals surface area contributed by atoms with E-state index < -0.39 is 11.6 Å². The zero-order valence-electron chi connectivity index (χ0n) is 14.2. The Bertz CT molecular complexity index is 551. The first-order chi connectivity index (χ1) is 10.7. The summed E-state index contributed by atoms with van der Waals surface area (Å²) in [6.45, 7) is 7.18. The normalized spacial score (nSPS) is 15.2. The molecule has 1 aromatic carbocycles. The van der Waals surface area contributed by atoms with Crippen LogP contribution in [0, 0.1) is 5.92 Å². The van der Waals surface area contributed by atoms with E-state index in [9.17, 15) is 14.7 Å². The van der Waals surface area contributed by atoms with Crippen LogP contribution in [-0.4, -0.2) is 35.1 Å². The molecule has 23 heavy (non-hydrogen) atoms. The monoisotopic (exact) mass is 318 g/mol. The lowest BCUT2D eigenvalue weighted by Gasteiger charge is -2.28. The SMILES string of the molecule is CC(NC(=O)/C=C/c1ccccc1)C(=O)NCC(C)(O)C(C)C. The lowest BCUT2D eigenvalue weighted by atomic mass is 9.92. The van der Waals surface area contributed by atoms with E-state index in [4.69, 9.17) is 0 Å². The Labute approximate surface area is 137 Å². The summed E-state index contributed by atoms with van der Waals surface area (Å²) >= 11 is 0. The van der Waals surface area contributed by atoms with Crippen molar-refractivity contribution in [3.8, 4) is 0 Å². The molecule has 126 valence electrons. The molecule has 0 bridgehead atoms. The zero-order chi connectivity index (χ0) is 17.5. The first kappa shape index (κ1) is 18.9. The van der Waals surface area contributed by atoms with Crippen LogP contribution in [0.5, 0.6) is 0 Å². The van der Waals surface area contributed by atoms with Gasteiger partial charge in [-0.1, -0.05) is 44.2 Å². The molecule has 0 heterocycles. The van der Waals surface area contributed by atoms with E-state index in [1.54, 1.807) is 19.9 Å². The van der Waals surface area contributed by atoms with E-state index in [0.717, 1.165) is 5.56 Å². The second-order valence-electron chi connectivity index (χ2n) is 6.20. The number of benzene rings is 1. The maximum atomic E-state index is 12.0. The molecule has 5 nitrogen and oxygen atoms in total. The number of aliphatic hydroxyl groups is 1. The molecule has 0 saturated carbocycles. The van der Waals surface area contributed by atoms with Crippen LogP contribution in [0.1, 0.15) is 33.3 Å². The fourth-order valence-electron chi connectivity index (χ4n) is 1.69. The van der Waals surface area contributed by atoms with E-state index in [-0.39, 0.29) is 24.3 Å². The lowest BCUT2D eigenvalue weighted by molar-refractivity contribution is -0.127. The minimum absolute atomic E-state index is 0.0153. The minimum Gasteiger partial charge on any atom is -0.388 e. The standard InChI is InChI=1S/C18H26N2O3/c1-13(2)18(4,23)12-19-17(22)14(3)20-16(21)11-10-15-8-6-5-7-9-15/h5-11,13-14,23H,12H2,1-4H3,(H,19,22)(H,20,21)/b11-10+. The summed E-state index contributed by atoms with van der Waals surface area (Å²) in [5.41, 5.74) is -0.0696. The molecule has 3 N–H and O–H groups in total. The van der Waals surface area contributed by atoms with Gasteiger partial charge in [0.15, 0.2) is 0 Å². The van der Waals surface area contributed by atoms with E-state index in [0.29, 0.717) is 0 Å². The average Bonchev–Trinajstić information content (AvgIpc) is 2.51. The van der Waals surface area contributed by atoms with Crippen LogP contribution in [0.25, 0.3) is 6.08 Å². The second kappa shape index (κ2) is 8.48. The van der Waals surface area contributed by atoms with Crippen LogP contribution in [0.2, 0.25) is 0 Å². The summed E-state index contributed by atoms with van der Waals surface area (Å²) in [5.74, 6) is -0.652. The third kappa shape index (κ3) is 6.65. The number of amides is 2. The second-order valence-corrected chi connectivity index (χ2v) is 6.20. The fourth-order valence-corrected chi connectivity index (χ4v) is 1.69. The van der Waals surface area contributed by atoms with Crippen molar-refractivity contribution in [3.05, 3.63) is 42.0 Å². The third-order valence-electron chi connectivity index (χ3n) is 3.84. The quantitative estimate of drug-likeness (QED) is 0.670. The number of carbonyl (C=O) groups is 2. The number of hydrogen-bond donors (Lipinski definition) is 3. The minimum atomic E-state index is -0.980. The molecule has 2 atom stereocenters. The van der Waals surface area contributed by atoms with Crippen molar-refractivity contribution in [1.29, 1.82) is 0 Å². The predicted molar refractivity (Wildman–Crippen MR) is 91.6 cm³/mol. The van der Waals surface area contributed by atoms with Crippen molar-refractivity contribution in [1.82, 2.24) is 10.6 Å². The van der Waals surface area contributed by atoms with Gasteiger partial charge in [0.1, 0.15) is 6.04 Å². The van der Waals surface area contributed by atoms with Gasteiger partial charge in [-0.15, -0.1) is 0 Å². The van der Waals surface area contributed by atoms with Crippen LogP contribution >= 0.6 is 0 Å². The van der Waals surface area contributed by atoms with Gasteiger partial charge < -0.3 is 15.7 Å². The van der Waals surface area contributed by atoms with Crippen LogP contribution in [-0.2, 0) is 9.59 Å². The van der Waals surface area contributed by atoms with Crippen LogP contribution in [0.4, 0.5) is 0 Å². The molecule has 0 spiro atoms. The van der Waals surface area contributed by atoms with E-state index in [1.807, 2.05) is 44.2 Å². The van der Waals surface area contributed by atoms with Crippen LogP contribution in [0.3, 0.4) is 0 Å². The van der Waals surface area contributed by atoms with Crippen molar-refractivity contribution in [2.75, 3.05) is 6.54 Å². The highest BCUT2D eigenvalue weighted by Gasteiger charge is 2.26. The first-order valence-corrected chi connectivity index (χ1v) is 7.76. The Kier molecular flexibility index (Phi) is 6.97. The summed E-state index contributed by atoms with van der Waals surface area (Å²) in [6, 6.07) is 8.76. The number of hydrogen-bond acceptors (Lipinski definition) is 3. The Morgan fingerprint density at radius 3 is 2.39 bits per heavy atom. The molecule has 0 fully saturated rings. The first-order valence-electron chi connectivity index (χ1n) is 7.76. The van der Waals surface area contributed by atoms with Gasteiger partial charge in [-0.05, 0) is 31.4 Å². The van der Waals surface area contributed by atoms with Crippen molar-refractivity contribution in [2.45, 2.75) is 39.3 Å². The van der Waals surface area contributed by atoms with Gasteiger partial charge in [0.2, 0.25) is 11.8 Å². The maximum Gasteiger partial charge on any atom is 0.244 e. The summed E-state index contributed by atoms with van der Waals surface area (Å²) in [4.78, 5) is 23.8. The maximum absolute atomic E-state index is 12.0. The number of carbonyl (C=O) groups excluding carboxylic acids is 2. The molecule has 5 heteroatoms. The summed E-state index contributed by atoms with van der Waals surface area (Å²) in [5, 5.41) is 15.4. The summed E-state index contributed by atoms with van der Waals surface area (Å²) in [7, 11) is 0. The lowest BCUT2D eigenvalue weighted by Crippen LogP contribution is -2.50. The molecule has 0 aliphatic carbocycles. The Balaban J connectivity index is 2.45. The van der Waals surface area contributed by atoms with Gasteiger partial charge in [-0.3, -0.25) is 9.59 Å². The molecule has 2 unspecified atom stereocenters. The van der Waals surface area contributed by atoms with Crippen molar-refractivity contribution in [3.63, 3.8) is 0 Å². The molecule has 1 aromatic rings. The number of nitrogens with one attached hydrogen (secondary N) is 2. The molecule has 0 aliphatic rings. The van der Waals surface area contributed by atoms with Crippen molar-refractivity contribution in [2.24, 2.45) is 5.92 Å². The molecule has 2 amide bonds. The van der Waals surface area contributed by atoms with Gasteiger partial charge in [0.25, 0.3) is 0 Å². The van der Waals surface area contributed by atoms with Gasteiger partial charge in [-0.25, -0.2) is 0 Å². The zero-order valence-corrected chi connectivity index (χ0v) is 14.2. The molecular weight excluding hydrogens is 292 g/mol. The summed E-state index contributed by atoms with van der Waals surface area (Å²) in [6.07, 6.45) is 3.08. The largest absolute Gasteiger partial charge is 0.388 e. The van der Waals surface area contributed by atoms with Crippen molar-refractivity contribution < 1.29 is 14.7 Å². The highest BCUT2D eigenvalue weighted by atomic mass is 16.3. The van der Waals surface area contributed by atoms with E-state index in [2.05, 4.69) is 10.6 Å². The molecule has 0 saturated heterocycles. The highest BCUT2D eigenvalue weighted by molar-refractivity contribution is 5.95. The van der Waals surface area contributed by atoms with E-state index in [1.165, 1.54) is 6.08 Å². The Morgan fingerprint density at radius 2 is 1.83 bits per heavy atom. The molecule has 0 aliphatic heterocycles. The smallest absolute Gasteiger partial charge is 0.244 e. The van der Waals surface area contributed by atoms with Crippen molar-refractivity contribution >= 4 is 17.9 Å². The predicted octanol–water partition coefficient (Wildman–Crippen LogP) is 1.73. The molecular formula is C18H26N2O3. The van der Waals surface area contributed by atoms with Crippen LogP contribution < -0.4 is 10.6 Å². The Hall–Kier alpha value is -2.14.